The van der Waals surface area contributed by atoms with Gasteiger partial charge in [-0.15, -0.1) is 0 Å². The lowest BCUT2D eigenvalue weighted by Gasteiger charge is -2.25. The zero-order chi connectivity index (χ0) is 15.7. The molecule has 2 aromatic carbocycles. The largest absolute Gasteiger partial charge is 0.381 e. The molecule has 4 N–H and O–H groups in total. The van der Waals surface area contributed by atoms with Gasteiger partial charge in [-0.3, -0.25) is 15.8 Å². The van der Waals surface area contributed by atoms with Gasteiger partial charge < -0.3 is 5.73 Å². The van der Waals surface area contributed by atoms with Gasteiger partial charge in [0.15, 0.2) is 12.1 Å². The summed E-state index contributed by atoms with van der Waals surface area (Å²) in [5.41, 5.74) is 10.5. The van der Waals surface area contributed by atoms with Crippen molar-refractivity contribution in [1.82, 2.24) is 0 Å². The summed E-state index contributed by atoms with van der Waals surface area (Å²) in [6.07, 6.45) is 0.412. The molecular weight excluding hydrogens is 282 g/mol. The lowest BCUT2D eigenvalue weighted by Crippen LogP contribution is -2.56. The number of nitrogens with zero attached hydrogens (tertiary/aromatic N) is 3. The average molecular weight is 297 g/mol. The Morgan fingerprint density at radius 2 is 1.95 bits per heavy atom. The highest BCUT2D eigenvalue weighted by Crippen LogP contribution is 2.25. The van der Waals surface area contributed by atoms with Crippen molar-refractivity contribution in [3.05, 3.63) is 58.1 Å². The van der Waals surface area contributed by atoms with Crippen LogP contribution in [-0.4, -0.2) is 28.8 Å². The van der Waals surface area contributed by atoms with E-state index in [0.717, 1.165) is 16.3 Å². The topological polar surface area (TPSA) is 120 Å². The highest BCUT2D eigenvalue weighted by Gasteiger charge is 2.48. The fraction of sp³-hybridized carbons (Fsp3) is 0.200. The summed E-state index contributed by atoms with van der Waals surface area (Å²) in [6, 6.07) is 13.4. The Kier molecular flexibility index (Phi) is 3.34. The van der Waals surface area contributed by atoms with Crippen molar-refractivity contribution in [2.24, 2.45) is 21.5 Å². The minimum atomic E-state index is -1.65. The summed E-state index contributed by atoms with van der Waals surface area (Å²) in [5.74, 6) is -0.118. The van der Waals surface area contributed by atoms with E-state index in [1.807, 2.05) is 42.5 Å². The van der Waals surface area contributed by atoms with E-state index >= 15 is 0 Å². The number of nitrogens with two attached hydrogens (primary N) is 2. The Morgan fingerprint density at radius 1 is 1.23 bits per heavy atom. The zero-order valence-electron chi connectivity index (χ0n) is 11.7. The molecule has 0 spiro atoms. The monoisotopic (exact) mass is 297 g/mol. The molecule has 0 radical (unpaired) electrons. The van der Waals surface area contributed by atoms with Crippen molar-refractivity contribution in [2.75, 3.05) is 0 Å². The van der Waals surface area contributed by atoms with Gasteiger partial charge in [0.1, 0.15) is 0 Å². The molecule has 112 valence electrons. The lowest BCUT2D eigenvalue weighted by molar-refractivity contribution is -0.524. The van der Waals surface area contributed by atoms with Gasteiger partial charge >= 0.3 is 5.54 Å². The molecule has 1 aliphatic rings. The number of aliphatic imine (C=N–C) groups is 2. The highest BCUT2D eigenvalue weighted by atomic mass is 16.6. The molecule has 0 aromatic heterocycles. The van der Waals surface area contributed by atoms with Gasteiger partial charge in [-0.1, -0.05) is 42.5 Å². The predicted molar refractivity (Wildman–Crippen MR) is 85.5 cm³/mol. The van der Waals surface area contributed by atoms with Crippen LogP contribution in [0.25, 0.3) is 10.8 Å². The summed E-state index contributed by atoms with van der Waals surface area (Å²) in [7, 11) is 0. The van der Waals surface area contributed by atoms with Crippen LogP contribution in [0.5, 0.6) is 0 Å². The maximum Gasteiger partial charge on any atom is 0.316 e. The predicted octanol–water partition coefficient (Wildman–Crippen LogP) is 1.08. The molecule has 0 saturated heterocycles. The normalized spacial score (nSPS) is 24.2. The van der Waals surface area contributed by atoms with E-state index in [9.17, 15) is 10.1 Å². The van der Waals surface area contributed by atoms with Crippen molar-refractivity contribution >= 4 is 22.8 Å². The summed E-state index contributed by atoms with van der Waals surface area (Å²) < 4.78 is 0. The molecule has 1 aliphatic heterocycles. The Bertz CT molecular complexity index is 796. The highest BCUT2D eigenvalue weighted by molar-refractivity contribution is 6.06. The molecule has 0 amide bonds. The summed E-state index contributed by atoms with van der Waals surface area (Å²) in [5, 5.41) is 13.6. The Morgan fingerprint density at radius 3 is 2.68 bits per heavy atom. The minimum Gasteiger partial charge on any atom is -0.381 e. The molecule has 3 rings (SSSR count). The van der Waals surface area contributed by atoms with Gasteiger partial charge in [0.05, 0.1) is 12.6 Å². The van der Waals surface area contributed by atoms with Crippen LogP contribution < -0.4 is 11.5 Å². The molecule has 2 unspecified atom stereocenters. The van der Waals surface area contributed by atoms with Crippen molar-refractivity contribution in [3.63, 3.8) is 0 Å². The number of benzene rings is 2. The van der Waals surface area contributed by atoms with Crippen LogP contribution in [0, 0.1) is 10.1 Å². The molecule has 0 saturated carbocycles. The molecule has 1 heterocycles. The van der Waals surface area contributed by atoms with E-state index in [4.69, 9.17) is 11.5 Å². The van der Waals surface area contributed by atoms with Crippen LogP contribution >= 0.6 is 0 Å². The Balaban J connectivity index is 2.11. The van der Waals surface area contributed by atoms with Crippen LogP contribution in [-0.2, 0) is 6.42 Å². The summed E-state index contributed by atoms with van der Waals surface area (Å²) in [6.45, 7) is 0. The second kappa shape index (κ2) is 5.19. The third-order valence-electron chi connectivity index (χ3n) is 3.82. The lowest BCUT2D eigenvalue weighted by atomic mass is 9.88. The van der Waals surface area contributed by atoms with Crippen LogP contribution in [0.3, 0.4) is 0 Å². The fourth-order valence-electron chi connectivity index (χ4n) is 2.63. The van der Waals surface area contributed by atoms with E-state index in [-0.39, 0.29) is 12.3 Å². The Labute approximate surface area is 126 Å². The molecule has 0 bridgehead atoms. The first kappa shape index (κ1) is 14.2. The number of amidine groups is 1. The van der Waals surface area contributed by atoms with Gasteiger partial charge in [0, 0.05) is 4.92 Å². The first-order chi connectivity index (χ1) is 10.5. The van der Waals surface area contributed by atoms with Gasteiger partial charge in [-0.05, 0) is 16.3 Å². The van der Waals surface area contributed by atoms with Crippen molar-refractivity contribution in [1.29, 1.82) is 0 Å². The molecule has 7 nitrogen and oxygen atoms in total. The van der Waals surface area contributed by atoms with Gasteiger partial charge in [-0.25, -0.2) is 9.98 Å². The number of fused-ring (bicyclic) bond motifs is 1. The van der Waals surface area contributed by atoms with Crippen molar-refractivity contribution < 1.29 is 4.92 Å². The molecule has 2 aromatic rings. The summed E-state index contributed by atoms with van der Waals surface area (Å²) >= 11 is 0. The van der Waals surface area contributed by atoms with Gasteiger partial charge in [0.25, 0.3) is 0 Å². The third-order valence-corrected chi connectivity index (χ3v) is 3.82. The first-order valence-corrected chi connectivity index (χ1v) is 6.78. The molecular formula is C15H15N5O2. The number of hydrogen-bond donors (Lipinski definition) is 2. The third kappa shape index (κ3) is 2.21. The average Bonchev–Trinajstić information content (AvgIpc) is 2.50. The van der Waals surface area contributed by atoms with Crippen molar-refractivity contribution in [2.45, 2.75) is 18.2 Å². The second-order valence-corrected chi connectivity index (χ2v) is 5.20. The van der Waals surface area contributed by atoms with Gasteiger partial charge in [0.2, 0.25) is 0 Å². The zero-order valence-corrected chi connectivity index (χ0v) is 11.7. The first-order valence-electron chi connectivity index (χ1n) is 6.78. The quantitative estimate of drug-likeness (QED) is 0.650. The van der Waals surface area contributed by atoms with E-state index in [2.05, 4.69) is 9.98 Å². The van der Waals surface area contributed by atoms with E-state index in [0.29, 0.717) is 0 Å². The molecule has 7 heteroatoms. The van der Waals surface area contributed by atoms with E-state index in [1.165, 1.54) is 6.21 Å². The SMILES string of the molecule is NC1=NC(N)N=CC1(Cc1cccc2ccccc12)[N+](=O)[O-]. The smallest absolute Gasteiger partial charge is 0.316 e. The number of rotatable bonds is 3. The molecule has 2 atom stereocenters. The second-order valence-electron chi connectivity index (χ2n) is 5.20. The molecule has 0 aliphatic carbocycles. The van der Waals surface area contributed by atoms with Crippen LogP contribution in [0.2, 0.25) is 0 Å². The maximum absolute atomic E-state index is 11.6. The minimum absolute atomic E-state index is 0.0763. The summed E-state index contributed by atoms with van der Waals surface area (Å²) in [4.78, 5) is 18.9. The van der Waals surface area contributed by atoms with Crippen LogP contribution in [0.15, 0.2) is 52.4 Å². The van der Waals surface area contributed by atoms with Crippen molar-refractivity contribution in [3.8, 4) is 0 Å². The fourth-order valence-corrected chi connectivity index (χ4v) is 2.63. The number of nitro groups is 1. The van der Waals surface area contributed by atoms with Crippen LogP contribution in [0.1, 0.15) is 5.56 Å². The standard InChI is InChI=1S/C15H15N5O2/c16-13-15(20(21)22,9-18-14(17)19-13)8-11-6-3-5-10-4-1-2-7-12(10)11/h1-7,9,14H,8,17H2,(H2,16,19). The van der Waals surface area contributed by atoms with E-state index < -0.39 is 16.8 Å². The Hall–Kier alpha value is -2.80. The van der Waals surface area contributed by atoms with Gasteiger partial charge in [-0.2, -0.15) is 0 Å². The maximum atomic E-state index is 11.6. The van der Waals surface area contributed by atoms with Crippen LogP contribution in [0.4, 0.5) is 0 Å². The molecule has 0 fully saturated rings. The number of hydrogen-bond acceptors (Lipinski definition) is 6. The molecule has 22 heavy (non-hydrogen) atoms. The van der Waals surface area contributed by atoms with E-state index in [1.54, 1.807) is 0 Å².